The molecule has 0 saturated carbocycles. The van der Waals surface area contributed by atoms with Gasteiger partial charge in [0.25, 0.3) is 0 Å². The fraction of sp³-hybridized carbons (Fsp3) is 0.302. The molecule has 3 amide bonds. The first-order valence-electron chi connectivity index (χ1n) is 22.4. The van der Waals surface area contributed by atoms with Crippen molar-refractivity contribution in [3.63, 3.8) is 0 Å². The number of ether oxygens (including phenoxy) is 2. The summed E-state index contributed by atoms with van der Waals surface area (Å²) in [6.07, 6.45) is 6.73. The lowest BCUT2D eigenvalue weighted by Crippen LogP contribution is -2.40. The van der Waals surface area contributed by atoms with Crippen LogP contribution in [0, 0.1) is 12.8 Å². The van der Waals surface area contributed by atoms with Gasteiger partial charge in [0.05, 0.1) is 30.8 Å². The predicted octanol–water partition coefficient (Wildman–Crippen LogP) is 9.26. The predicted molar refractivity (Wildman–Crippen MR) is 250 cm³/mol. The zero-order valence-electron chi connectivity index (χ0n) is 36.7. The summed E-state index contributed by atoms with van der Waals surface area (Å²) in [5, 5.41) is 4.47. The maximum absolute atomic E-state index is 13.6. The number of hydrogen-bond donors (Lipinski definition) is 2. The molecule has 8 rings (SSSR count). The van der Waals surface area contributed by atoms with Gasteiger partial charge in [-0.25, -0.2) is 4.79 Å². The van der Waals surface area contributed by atoms with Gasteiger partial charge in [-0.2, -0.15) is 0 Å². The summed E-state index contributed by atoms with van der Waals surface area (Å²) in [4.78, 5) is 73.5. The highest BCUT2D eigenvalue weighted by Crippen LogP contribution is 2.37. The zero-order chi connectivity index (χ0) is 45.3. The minimum absolute atomic E-state index is 0.0383. The molecule has 2 aliphatic heterocycles. The van der Waals surface area contributed by atoms with Gasteiger partial charge < -0.3 is 29.6 Å². The second-order valence-electron chi connectivity index (χ2n) is 17.1. The van der Waals surface area contributed by atoms with Crippen molar-refractivity contribution in [1.82, 2.24) is 20.1 Å². The van der Waals surface area contributed by atoms with Crippen LogP contribution in [0.25, 0.3) is 11.1 Å². The maximum Gasteiger partial charge on any atom is 0.336 e. The number of thiophene rings is 1. The molecule has 4 aromatic carbocycles. The lowest BCUT2D eigenvalue weighted by Gasteiger charge is -2.24. The minimum atomic E-state index is -1.07. The molecule has 4 atom stereocenters. The van der Waals surface area contributed by atoms with Crippen molar-refractivity contribution in [2.75, 3.05) is 13.1 Å². The molecule has 0 spiro atoms. The molecule has 4 heterocycles. The van der Waals surface area contributed by atoms with Crippen LogP contribution in [-0.2, 0) is 54.4 Å². The molecular formula is C53H54N4O7S. The molecule has 65 heavy (non-hydrogen) atoms. The van der Waals surface area contributed by atoms with Crippen LogP contribution < -0.4 is 10.1 Å². The normalized spacial score (nSPS) is 16.8. The summed E-state index contributed by atoms with van der Waals surface area (Å²) in [5.74, 6) is -0.569. The molecule has 334 valence electrons. The number of nitrogens with zero attached hydrogens (tertiary/aromatic N) is 2. The van der Waals surface area contributed by atoms with Gasteiger partial charge in [-0.3, -0.25) is 19.2 Å². The number of hydrogen-bond acceptors (Lipinski definition) is 8. The van der Waals surface area contributed by atoms with Crippen LogP contribution in [0.5, 0.6) is 11.5 Å². The Morgan fingerprint density at radius 1 is 0.738 bits per heavy atom. The molecule has 2 fully saturated rings. The SMILES string of the molecule is Cc1ccccc1Oc1ccc(CC(=O)N2CCCC2c2cc(CC(C)C(=O)OC(=O)C(Cc3csc(C4CCCN4C(=O)Cc4ccc(-c5ccccc5)cc4)c3)NC=O)c[nH]2)cc1. The fourth-order valence-corrected chi connectivity index (χ4v) is 9.98. The van der Waals surface area contributed by atoms with E-state index in [2.05, 4.69) is 22.4 Å². The highest BCUT2D eigenvalue weighted by molar-refractivity contribution is 7.10. The molecule has 4 unspecified atom stereocenters. The van der Waals surface area contributed by atoms with E-state index in [1.54, 1.807) is 6.92 Å². The van der Waals surface area contributed by atoms with Gasteiger partial charge in [0.1, 0.15) is 17.5 Å². The van der Waals surface area contributed by atoms with Gasteiger partial charge in [0, 0.05) is 36.3 Å². The third kappa shape index (κ3) is 11.1. The maximum atomic E-state index is 13.6. The molecule has 0 aliphatic carbocycles. The summed E-state index contributed by atoms with van der Waals surface area (Å²) in [6.45, 7) is 5.03. The Bertz CT molecular complexity index is 2600. The number of H-pyrrole nitrogens is 1. The fourth-order valence-electron chi connectivity index (χ4n) is 8.90. The van der Waals surface area contributed by atoms with Crippen molar-refractivity contribution in [3.05, 3.63) is 165 Å². The quantitative estimate of drug-likeness (QED) is 0.0529. The third-order valence-electron chi connectivity index (χ3n) is 12.4. The number of carbonyl (C=O) groups excluding carboxylic acids is 5. The number of benzene rings is 4. The van der Waals surface area contributed by atoms with E-state index < -0.39 is 23.9 Å². The van der Waals surface area contributed by atoms with Crippen LogP contribution in [0.1, 0.15) is 83.1 Å². The molecule has 2 N–H and O–H groups in total. The highest BCUT2D eigenvalue weighted by Gasteiger charge is 2.33. The van der Waals surface area contributed by atoms with E-state index in [-0.39, 0.29) is 36.7 Å². The molecule has 2 aliphatic rings. The Balaban J connectivity index is 0.814. The number of carbonyl (C=O) groups is 5. The van der Waals surface area contributed by atoms with E-state index in [1.165, 1.54) is 11.3 Å². The van der Waals surface area contributed by atoms with Gasteiger partial charge in [-0.05, 0) is 114 Å². The Hall–Kier alpha value is -6.79. The van der Waals surface area contributed by atoms with Gasteiger partial charge in [-0.1, -0.05) is 91.9 Å². The third-order valence-corrected chi connectivity index (χ3v) is 13.5. The molecule has 0 radical (unpaired) electrons. The summed E-state index contributed by atoms with van der Waals surface area (Å²) in [6, 6.07) is 36.4. The number of nitrogens with one attached hydrogen (secondary N) is 2. The van der Waals surface area contributed by atoms with Crippen LogP contribution in [0.2, 0.25) is 0 Å². The minimum Gasteiger partial charge on any atom is -0.457 e. The molecular weight excluding hydrogens is 837 g/mol. The van der Waals surface area contributed by atoms with Gasteiger partial charge >= 0.3 is 11.9 Å². The number of rotatable bonds is 17. The Morgan fingerprint density at radius 2 is 1.37 bits per heavy atom. The van der Waals surface area contributed by atoms with E-state index in [0.717, 1.165) is 80.9 Å². The molecule has 0 bridgehead atoms. The number of para-hydroxylation sites is 1. The van der Waals surface area contributed by atoms with Crippen molar-refractivity contribution in [1.29, 1.82) is 0 Å². The Labute approximate surface area is 383 Å². The van der Waals surface area contributed by atoms with Gasteiger partial charge in [-0.15, -0.1) is 11.3 Å². The van der Waals surface area contributed by atoms with Gasteiger partial charge in [0.2, 0.25) is 18.2 Å². The first-order valence-corrected chi connectivity index (χ1v) is 23.2. The van der Waals surface area contributed by atoms with Gasteiger partial charge in [0.15, 0.2) is 0 Å². The largest absolute Gasteiger partial charge is 0.457 e. The lowest BCUT2D eigenvalue weighted by atomic mass is 10.0. The summed E-state index contributed by atoms with van der Waals surface area (Å²) in [5.41, 5.74) is 7.69. The molecule has 11 nitrogen and oxygen atoms in total. The van der Waals surface area contributed by atoms with E-state index >= 15 is 0 Å². The van der Waals surface area contributed by atoms with Crippen molar-refractivity contribution in [2.45, 2.75) is 83.3 Å². The number of aromatic nitrogens is 1. The molecule has 2 saturated heterocycles. The lowest BCUT2D eigenvalue weighted by molar-refractivity contribution is -0.164. The summed E-state index contributed by atoms with van der Waals surface area (Å²) < 4.78 is 11.4. The van der Waals surface area contributed by atoms with E-state index in [0.29, 0.717) is 38.1 Å². The first kappa shape index (κ1) is 44.8. The van der Waals surface area contributed by atoms with Crippen LogP contribution in [-0.4, -0.2) is 64.1 Å². The summed E-state index contributed by atoms with van der Waals surface area (Å²) in [7, 11) is 0. The number of aryl methyl sites for hydroxylation is 1. The van der Waals surface area contributed by atoms with E-state index in [9.17, 15) is 24.0 Å². The number of esters is 2. The first-order chi connectivity index (χ1) is 31.6. The van der Waals surface area contributed by atoms with Crippen molar-refractivity contribution in [3.8, 4) is 22.6 Å². The Morgan fingerprint density at radius 3 is 2.06 bits per heavy atom. The standard InChI is InChI=1S/C53H54N4O7S/c1-35-10-6-7-15-48(35)63-43-22-18-38(19-23-43)31-50(59)56-24-8-13-46(56)44-27-39(32-54-44)26-36(2)52(61)64-53(62)45(55-34-58)28-40-29-49(65-33-40)47-14-9-25-57(47)51(60)30-37-16-20-42(21-17-37)41-11-4-3-5-12-41/h3-7,10-12,15-23,27,29,32-34,36,45-47,54H,8-9,13-14,24-26,28,30-31H2,1-2H3,(H,55,58). The highest BCUT2D eigenvalue weighted by atomic mass is 32.1. The van der Waals surface area contributed by atoms with Crippen LogP contribution in [0.15, 0.2) is 127 Å². The Kier molecular flexibility index (Phi) is 14.3. The van der Waals surface area contributed by atoms with Crippen molar-refractivity contribution < 1.29 is 33.4 Å². The summed E-state index contributed by atoms with van der Waals surface area (Å²) >= 11 is 1.52. The molecule has 2 aromatic heterocycles. The monoisotopic (exact) mass is 890 g/mol. The van der Waals surface area contributed by atoms with Crippen LogP contribution in [0.4, 0.5) is 0 Å². The van der Waals surface area contributed by atoms with Crippen LogP contribution in [0.3, 0.4) is 0 Å². The smallest absolute Gasteiger partial charge is 0.336 e. The van der Waals surface area contributed by atoms with E-state index in [4.69, 9.17) is 9.47 Å². The average molecular weight is 891 g/mol. The number of amides is 3. The van der Waals surface area contributed by atoms with E-state index in [1.807, 2.05) is 131 Å². The van der Waals surface area contributed by atoms with Crippen LogP contribution >= 0.6 is 11.3 Å². The number of likely N-dealkylation sites (tertiary alicyclic amines) is 2. The number of aromatic amines is 1. The topological polar surface area (TPSA) is 138 Å². The second kappa shape index (κ2) is 20.8. The van der Waals surface area contributed by atoms with Crippen molar-refractivity contribution in [2.24, 2.45) is 5.92 Å². The zero-order valence-corrected chi connectivity index (χ0v) is 37.6. The average Bonchev–Trinajstić information content (AvgIpc) is 4.16. The van der Waals surface area contributed by atoms with Crippen molar-refractivity contribution >= 4 is 41.5 Å². The molecule has 6 aromatic rings. The molecule has 12 heteroatoms. The second-order valence-corrected chi connectivity index (χ2v) is 18.1.